The molecule has 0 aromatic heterocycles. The molecule has 0 unspecified atom stereocenters. The van der Waals surface area contributed by atoms with Crippen molar-refractivity contribution in [1.82, 2.24) is 4.90 Å². The van der Waals surface area contributed by atoms with Crippen molar-refractivity contribution in [2.75, 3.05) is 37.9 Å². The Balaban J connectivity index is 2.23. The van der Waals surface area contributed by atoms with E-state index in [4.69, 9.17) is 5.73 Å². The molecule has 0 saturated heterocycles. The quantitative estimate of drug-likeness (QED) is 0.756. The van der Waals surface area contributed by atoms with Crippen LogP contribution in [0, 0.1) is 0 Å². The molecule has 0 radical (unpaired) electrons. The topological polar surface area (TPSA) is 63.4 Å². The molecule has 102 valence electrons. The van der Waals surface area contributed by atoms with Gasteiger partial charge in [-0.05, 0) is 44.1 Å². The fraction of sp³-hybridized carbons (Fsp3) is 0.538. The maximum atomic E-state index is 11.0. The van der Waals surface area contributed by atoms with E-state index in [0.717, 1.165) is 25.1 Å². The third-order valence-electron chi connectivity index (χ3n) is 2.83. The van der Waals surface area contributed by atoms with Gasteiger partial charge in [0.15, 0.2) is 0 Å². The lowest BCUT2D eigenvalue weighted by atomic mass is 10.1. The summed E-state index contributed by atoms with van der Waals surface area (Å²) in [6, 6.07) is 7.88. The molecule has 4 nitrogen and oxygen atoms in total. The molecule has 0 saturated carbocycles. The molecule has 1 aromatic rings. The summed E-state index contributed by atoms with van der Waals surface area (Å²) >= 11 is 0. The molecule has 18 heavy (non-hydrogen) atoms. The fourth-order valence-corrected chi connectivity index (χ4v) is 2.31. The van der Waals surface area contributed by atoms with Crippen LogP contribution >= 0.6 is 0 Å². The minimum absolute atomic E-state index is 0.228. The zero-order chi connectivity index (χ0) is 13.6. The summed E-state index contributed by atoms with van der Waals surface area (Å²) in [4.78, 5) is 2.05. The number of nitrogens with two attached hydrogens (primary N) is 1. The van der Waals surface area contributed by atoms with Crippen molar-refractivity contribution in [2.45, 2.75) is 12.8 Å². The first kappa shape index (κ1) is 15.0. The van der Waals surface area contributed by atoms with Gasteiger partial charge < -0.3 is 10.6 Å². The Morgan fingerprint density at radius 1 is 1.17 bits per heavy atom. The SMILES string of the molecule is CN(CCCc1ccc(N)cc1)CCS(C)(=O)=O. The second-order valence-electron chi connectivity index (χ2n) is 4.78. The second-order valence-corrected chi connectivity index (χ2v) is 7.04. The molecule has 1 rings (SSSR count). The standard InChI is InChI=1S/C13H22N2O2S/c1-15(10-11-18(2,16)17)9-3-4-12-5-7-13(14)8-6-12/h5-8H,3-4,9-11,14H2,1-2H3. The van der Waals surface area contributed by atoms with E-state index in [-0.39, 0.29) is 5.75 Å². The summed E-state index contributed by atoms with van der Waals surface area (Å²) < 4.78 is 22.0. The summed E-state index contributed by atoms with van der Waals surface area (Å²) in [5, 5.41) is 0. The number of aryl methyl sites for hydroxylation is 1. The minimum atomic E-state index is -2.86. The van der Waals surface area contributed by atoms with Gasteiger partial charge in [-0.1, -0.05) is 12.1 Å². The van der Waals surface area contributed by atoms with Crippen LogP contribution in [0.15, 0.2) is 24.3 Å². The van der Waals surface area contributed by atoms with Crippen LogP contribution in [0.4, 0.5) is 5.69 Å². The molecule has 2 N–H and O–H groups in total. The molecule has 0 amide bonds. The lowest BCUT2D eigenvalue weighted by molar-refractivity contribution is 0.348. The Hall–Kier alpha value is -1.07. The maximum absolute atomic E-state index is 11.0. The van der Waals surface area contributed by atoms with Crippen LogP contribution in [0.5, 0.6) is 0 Å². The zero-order valence-corrected chi connectivity index (χ0v) is 11.9. The Morgan fingerprint density at radius 2 is 1.78 bits per heavy atom. The lowest BCUT2D eigenvalue weighted by Crippen LogP contribution is -2.26. The fourth-order valence-electron chi connectivity index (χ4n) is 1.67. The molecule has 0 aliphatic rings. The van der Waals surface area contributed by atoms with Crippen molar-refractivity contribution in [3.05, 3.63) is 29.8 Å². The number of nitrogen functional groups attached to an aromatic ring is 1. The summed E-state index contributed by atoms with van der Waals surface area (Å²) in [6.45, 7) is 1.50. The highest BCUT2D eigenvalue weighted by molar-refractivity contribution is 7.90. The monoisotopic (exact) mass is 270 g/mol. The van der Waals surface area contributed by atoms with E-state index in [1.54, 1.807) is 0 Å². The van der Waals surface area contributed by atoms with Crippen LogP contribution < -0.4 is 5.73 Å². The van der Waals surface area contributed by atoms with Gasteiger partial charge in [0, 0.05) is 18.5 Å². The third-order valence-corrected chi connectivity index (χ3v) is 3.75. The largest absolute Gasteiger partial charge is 0.399 e. The molecule has 0 atom stereocenters. The number of anilines is 1. The molecule has 0 fully saturated rings. The van der Waals surface area contributed by atoms with Gasteiger partial charge in [0.2, 0.25) is 0 Å². The average molecular weight is 270 g/mol. The average Bonchev–Trinajstić information content (AvgIpc) is 2.28. The van der Waals surface area contributed by atoms with Gasteiger partial charge in [0.1, 0.15) is 9.84 Å². The second kappa shape index (κ2) is 6.75. The normalized spacial score (nSPS) is 11.9. The summed E-state index contributed by atoms with van der Waals surface area (Å²) in [6.07, 6.45) is 3.28. The number of hydrogen-bond donors (Lipinski definition) is 1. The van der Waals surface area contributed by atoms with Gasteiger partial charge in [0.05, 0.1) is 5.75 Å². The van der Waals surface area contributed by atoms with Crippen molar-refractivity contribution in [3.63, 3.8) is 0 Å². The molecule has 0 aliphatic carbocycles. The highest BCUT2D eigenvalue weighted by Crippen LogP contribution is 2.07. The predicted molar refractivity (Wildman–Crippen MR) is 76.4 cm³/mol. The first-order chi connectivity index (χ1) is 8.37. The van der Waals surface area contributed by atoms with Crippen LogP contribution in [0.1, 0.15) is 12.0 Å². The van der Waals surface area contributed by atoms with Crippen LogP contribution in [0.2, 0.25) is 0 Å². The highest BCUT2D eigenvalue weighted by atomic mass is 32.2. The van der Waals surface area contributed by atoms with E-state index in [0.29, 0.717) is 6.54 Å². The predicted octanol–water partition coefficient (Wildman–Crippen LogP) is 1.18. The van der Waals surface area contributed by atoms with Crippen molar-refractivity contribution < 1.29 is 8.42 Å². The minimum Gasteiger partial charge on any atom is -0.399 e. The van der Waals surface area contributed by atoms with Crippen LogP contribution in [0.3, 0.4) is 0 Å². The van der Waals surface area contributed by atoms with Crippen molar-refractivity contribution in [1.29, 1.82) is 0 Å². The van der Waals surface area contributed by atoms with E-state index in [9.17, 15) is 8.42 Å². The Bertz CT molecular complexity index is 454. The van der Waals surface area contributed by atoms with Crippen LogP contribution in [-0.4, -0.2) is 45.5 Å². The van der Waals surface area contributed by atoms with Gasteiger partial charge in [-0.25, -0.2) is 8.42 Å². The Morgan fingerprint density at radius 3 is 2.33 bits per heavy atom. The number of rotatable bonds is 7. The van der Waals surface area contributed by atoms with Crippen LogP contribution in [-0.2, 0) is 16.3 Å². The molecule has 0 heterocycles. The molecule has 5 heteroatoms. The summed E-state index contributed by atoms with van der Waals surface area (Å²) in [5.41, 5.74) is 7.66. The van der Waals surface area contributed by atoms with E-state index in [2.05, 4.69) is 4.90 Å². The summed E-state index contributed by atoms with van der Waals surface area (Å²) in [7, 11) is -0.904. The van der Waals surface area contributed by atoms with Crippen molar-refractivity contribution in [2.24, 2.45) is 0 Å². The number of hydrogen-bond acceptors (Lipinski definition) is 4. The molecular weight excluding hydrogens is 248 g/mol. The molecule has 1 aromatic carbocycles. The van der Waals surface area contributed by atoms with Gasteiger partial charge >= 0.3 is 0 Å². The van der Waals surface area contributed by atoms with E-state index < -0.39 is 9.84 Å². The Labute approximate surface area is 110 Å². The lowest BCUT2D eigenvalue weighted by Gasteiger charge is -2.15. The number of benzene rings is 1. The first-order valence-electron chi connectivity index (χ1n) is 6.07. The highest BCUT2D eigenvalue weighted by Gasteiger charge is 2.05. The third kappa shape index (κ3) is 6.61. The van der Waals surface area contributed by atoms with E-state index in [1.165, 1.54) is 11.8 Å². The number of nitrogens with zero attached hydrogens (tertiary/aromatic N) is 1. The van der Waals surface area contributed by atoms with Crippen molar-refractivity contribution in [3.8, 4) is 0 Å². The summed E-state index contributed by atoms with van der Waals surface area (Å²) in [5.74, 6) is 0.228. The van der Waals surface area contributed by atoms with Gasteiger partial charge in [-0.15, -0.1) is 0 Å². The van der Waals surface area contributed by atoms with Gasteiger partial charge in [-0.3, -0.25) is 0 Å². The molecular formula is C13H22N2O2S. The van der Waals surface area contributed by atoms with Crippen molar-refractivity contribution >= 4 is 15.5 Å². The number of sulfone groups is 1. The van der Waals surface area contributed by atoms with Gasteiger partial charge in [0.25, 0.3) is 0 Å². The molecule has 0 bridgehead atoms. The van der Waals surface area contributed by atoms with E-state index in [1.807, 2.05) is 31.3 Å². The maximum Gasteiger partial charge on any atom is 0.148 e. The smallest absolute Gasteiger partial charge is 0.148 e. The van der Waals surface area contributed by atoms with Gasteiger partial charge in [-0.2, -0.15) is 0 Å². The van der Waals surface area contributed by atoms with E-state index >= 15 is 0 Å². The van der Waals surface area contributed by atoms with Crippen LogP contribution in [0.25, 0.3) is 0 Å². The molecule has 0 spiro atoms. The Kier molecular flexibility index (Phi) is 5.62. The molecule has 0 aliphatic heterocycles. The zero-order valence-electron chi connectivity index (χ0n) is 11.1. The first-order valence-corrected chi connectivity index (χ1v) is 8.13.